The number of hydrogen-bond acceptors (Lipinski definition) is 5. The second kappa shape index (κ2) is 4.76. The van der Waals surface area contributed by atoms with Gasteiger partial charge in [-0.2, -0.15) is 0 Å². The topological polar surface area (TPSA) is 66.1 Å². The third-order valence-corrected chi connectivity index (χ3v) is 2.86. The zero-order valence-corrected chi connectivity index (χ0v) is 10.6. The molecule has 1 unspecified atom stereocenters. The molecule has 5 heteroatoms. The van der Waals surface area contributed by atoms with Crippen LogP contribution in [0.5, 0.6) is 0 Å². The summed E-state index contributed by atoms with van der Waals surface area (Å²) in [6.45, 7) is 6.79. The van der Waals surface area contributed by atoms with Crippen LogP contribution < -0.4 is 5.73 Å². The first kappa shape index (κ1) is 12.5. The van der Waals surface area contributed by atoms with Crippen LogP contribution in [0.2, 0.25) is 0 Å². The summed E-state index contributed by atoms with van der Waals surface area (Å²) < 4.78 is 16.6. The monoisotopic (exact) mass is 240 g/mol. The van der Waals surface area contributed by atoms with E-state index in [1.165, 1.54) is 0 Å². The molecule has 0 radical (unpaired) electrons. The lowest BCUT2D eigenvalue weighted by Gasteiger charge is -2.20. The third-order valence-electron chi connectivity index (χ3n) is 2.86. The average molecular weight is 240 g/mol. The van der Waals surface area contributed by atoms with Crippen LogP contribution in [0.15, 0.2) is 17.0 Å². The molecule has 2 aliphatic heterocycles. The summed E-state index contributed by atoms with van der Waals surface area (Å²) in [6.07, 6.45) is 3.61. The van der Waals surface area contributed by atoms with Crippen molar-refractivity contribution in [3.05, 3.63) is 12.0 Å². The van der Waals surface area contributed by atoms with Crippen LogP contribution in [-0.2, 0) is 14.2 Å². The van der Waals surface area contributed by atoms with Crippen molar-refractivity contribution in [2.75, 3.05) is 13.2 Å². The van der Waals surface area contributed by atoms with E-state index in [-0.39, 0.29) is 18.1 Å². The van der Waals surface area contributed by atoms with Crippen molar-refractivity contribution >= 4 is 6.21 Å². The van der Waals surface area contributed by atoms with E-state index in [2.05, 4.69) is 4.99 Å². The van der Waals surface area contributed by atoms with Crippen LogP contribution in [0, 0.1) is 5.92 Å². The van der Waals surface area contributed by atoms with Crippen molar-refractivity contribution < 1.29 is 14.2 Å². The van der Waals surface area contributed by atoms with Crippen LogP contribution in [0.25, 0.3) is 0 Å². The molecule has 1 saturated heterocycles. The summed E-state index contributed by atoms with van der Waals surface area (Å²) in [6, 6.07) is -0.0281. The summed E-state index contributed by atoms with van der Waals surface area (Å²) in [5.74, 6) is 0.319. The quantitative estimate of drug-likeness (QED) is 0.800. The van der Waals surface area contributed by atoms with Gasteiger partial charge in [0.1, 0.15) is 12.7 Å². The Bertz CT molecular complexity index is 339. The van der Waals surface area contributed by atoms with E-state index in [1.807, 2.05) is 33.1 Å². The lowest BCUT2D eigenvalue weighted by Crippen LogP contribution is -2.30. The highest BCUT2D eigenvalue weighted by molar-refractivity contribution is 5.64. The van der Waals surface area contributed by atoms with Gasteiger partial charge in [-0.3, -0.25) is 0 Å². The van der Waals surface area contributed by atoms with E-state index in [0.29, 0.717) is 19.1 Å². The Morgan fingerprint density at radius 3 is 2.94 bits per heavy atom. The highest BCUT2D eigenvalue weighted by Gasteiger charge is 2.33. The van der Waals surface area contributed by atoms with Crippen LogP contribution >= 0.6 is 0 Å². The first-order valence-electron chi connectivity index (χ1n) is 5.92. The van der Waals surface area contributed by atoms with Gasteiger partial charge in [-0.25, -0.2) is 4.99 Å². The van der Waals surface area contributed by atoms with Crippen LogP contribution in [0.4, 0.5) is 0 Å². The third kappa shape index (κ3) is 3.28. The fourth-order valence-corrected chi connectivity index (χ4v) is 1.76. The smallest absolute Gasteiger partial charge is 0.210 e. The molecule has 0 aromatic rings. The molecule has 0 aromatic heterocycles. The second-order valence-corrected chi connectivity index (χ2v) is 4.98. The van der Waals surface area contributed by atoms with Crippen molar-refractivity contribution in [1.29, 1.82) is 0 Å². The van der Waals surface area contributed by atoms with Gasteiger partial charge in [-0.1, -0.05) is 6.92 Å². The van der Waals surface area contributed by atoms with Gasteiger partial charge in [0.2, 0.25) is 5.88 Å². The molecule has 3 atom stereocenters. The Hall–Kier alpha value is -0.910. The van der Waals surface area contributed by atoms with Crippen molar-refractivity contribution in [2.45, 2.75) is 38.7 Å². The Labute approximate surface area is 102 Å². The van der Waals surface area contributed by atoms with Gasteiger partial charge in [-0.15, -0.1) is 0 Å². The number of aliphatic imine (C=N–C) groups is 1. The van der Waals surface area contributed by atoms with E-state index >= 15 is 0 Å². The van der Waals surface area contributed by atoms with Gasteiger partial charge in [-0.05, 0) is 19.9 Å². The molecule has 0 saturated carbocycles. The van der Waals surface area contributed by atoms with E-state index in [0.717, 1.165) is 0 Å². The normalized spacial score (nSPS) is 35.8. The van der Waals surface area contributed by atoms with E-state index in [9.17, 15) is 0 Å². The first-order chi connectivity index (χ1) is 7.96. The molecular weight excluding hydrogens is 220 g/mol. The predicted octanol–water partition coefficient (Wildman–Crippen LogP) is 1.04. The minimum Gasteiger partial charge on any atom is -0.475 e. The van der Waals surface area contributed by atoms with Gasteiger partial charge in [0.05, 0.1) is 6.61 Å². The largest absolute Gasteiger partial charge is 0.475 e. The maximum Gasteiger partial charge on any atom is 0.210 e. The lowest BCUT2D eigenvalue weighted by molar-refractivity contribution is -0.143. The van der Waals surface area contributed by atoms with Gasteiger partial charge in [0.25, 0.3) is 0 Å². The SMILES string of the molecule is C[C@@H]1C=NC(OC[C@H]2COC(C)(C)O2)=CC1N. The van der Waals surface area contributed by atoms with Crippen LogP contribution in [-0.4, -0.2) is 37.4 Å². The number of nitrogens with zero attached hydrogens (tertiary/aromatic N) is 1. The summed E-state index contributed by atoms with van der Waals surface area (Å²) in [4.78, 5) is 4.20. The molecule has 2 N–H and O–H groups in total. The number of rotatable bonds is 3. The average Bonchev–Trinajstić information content (AvgIpc) is 2.60. The Kier molecular flexibility index (Phi) is 3.51. The first-order valence-corrected chi connectivity index (χ1v) is 5.92. The van der Waals surface area contributed by atoms with E-state index < -0.39 is 5.79 Å². The lowest BCUT2D eigenvalue weighted by atomic mass is 10.0. The minimum absolute atomic E-state index is 0.0281. The fraction of sp³-hybridized carbons (Fsp3) is 0.750. The molecule has 0 spiro atoms. The van der Waals surface area contributed by atoms with E-state index in [1.54, 1.807) is 0 Å². The van der Waals surface area contributed by atoms with Gasteiger partial charge >= 0.3 is 0 Å². The van der Waals surface area contributed by atoms with Crippen molar-refractivity contribution in [2.24, 2.45) is 16.6 Å². The molecule has 2 aliphatic rings. The predicted molar refractivity (Wildman–Crippen MR) is 64.6 cm³/mol. The molecule has 5 nitrogen and oxygen atoms in total. The molecule has 17 heavy (non-hydrogen) atoms. The highest BCUT2D eigenvalue weighted by Crippen LogP contribution is 2.23. The Morgan fingerprint density at radius 2 is 2.35 bits per heavy atom. The standard InChI is InChI=1S/C12H20N2O3/c1-8-5-14-11(4-10(8)13)15-6-9-7-16-12(2,3)17-9/h4-5,8-10H,6-7,13H2,1-3H3/t8-,9+,10?/m1/s1. The number of ether oxygens (including phenoxy) is 3. The number of nitrogens with two attached hydrogens (primary N) is 1. The zero-order valence-electron chi connectivity index (χ0n) is 10.6. The fourth-order valence-electron chi connectivity index (χ4n) is 1.76. The van der Waals surface area contributed by atoms with Gasteiger partial charge in [0, 0.05) is 18.2 Å². The molecule has 0 amide bonds. The maximum absolute atomic E-state index is 5.89. The molecule has 96 valence electrons. The molecule has 0 bridgehead atoms. The minimum atomic E-state index is -0.511. The summed E-state index contributed by atoms with van der Waals surface area (Å²) in [5.41, 5.74) is 5.89. The maximum atomic E-state index is 5.89. The highest BCUT2D eigenvalue weighted by atomic mass is 16.7. The zero-order chi connectivity index (χ0) is 12.5. The molecule has 2 rings (SSSR count). The molecule has 1 fully saturated rings. The van der Waals surface area contributed by atoms with Crippen LogP contribution in [0.3, 0.4) is 0 Å². The Morgan fingerprint density at radius 1 is 1.59 bits per heavy atom. The van der Waals surface area contributed by atoms with Crippen molar-refractivity contribution in [3.63, 3.8) is 0 Å². The Balaban J connectivity index is 1.80. The van der Waals surface area contributed by atoms with Crippen molar-refractivity contribution in [3.8, 4) is 0 Å². The molecule has 2 heterocycles. The molecular formula is C12H20N2O3. The van der Waals surface area contributed by atoms with Crippen LogP contribution in [0.1, 0.15) is 20.8 Å². The summed E-state index contributed by atoms with van der Waals surface area (Å²) >= 11 is 0. The molecule has 0 aliphatic carbocycles. The summed E-state index contributed by atoms with van der Waals surface area (Å²) in [5, 5.41) is 0. The van der Waals surface area contributed by atoms with Gasteiger partial charge in [0.15, 0.2) is 5.79 Å². The van der Waals surface area contributed by atoms with E-state index in [4.69, 9.17) is 19.9 Å². The second-order valence-electron chi connectivity index (χ2n) is 4.98. The van der Waals surface area contributed by atoms with Gasteiger partial charge < -0.3 is 19.9 Å². The molecule has 0 aromatic carbocycles. The summed E-state index contributed by atoms with van der Waals surface area (Å²) in [7, 11) is 0. The van der Waals surface area contributed by atoms with Crippen molar-refractivity contribution in [1.82, 2.24) is 0 Å². The number of hydrogen-bond donors (Lipinski definition) is 1.